The van der Waals surface area contributed by atoms with Gasteiger partial charge in [0.2, 0.25) is 0 Å². The Kier molecular flexibility index (Phi) is 33.6. The van der Waals surface area contributed by atoms with Crippen LogP contribution in [-0.2, 0) is 14.3 Å². The number of carbonyl (C=O) groups is 2. The van der Waals surface area contributed by atoms with E-state index >= 15 is 0 Å². The van der Waals surface area contributed by atoms with E-state index in [1.165, 1.54) is 148 Å². The Morgan fingerprint density at radius 3 is 1.10 bits per heavy atom. The van der Waals surface area contributed by atoms with Crippen molar-refractivity contribution in [3.05, 3.63) is 0 Å². The van der Waals surface area contributed by atoms with Crippen molar-refractivity contribution in [3.8, 4) is 0 Å². The zero-order valence-electron chi connectivity index (χ0n) is 28.6. The average molecular weight is 595 g/mol. The second kappa shape index (κ2) is 34.4. The number of aliphatic carboxylic acids is 1. The molecule has 0 spiro atoms. The van der Waals surface area contributed by atoms with E-state index in [2.05, 4.69) is 13.8 Å². The van der Waals surface area contributed by atoms with Gasteiger partial charge in [-0.25, -0.2) is 0 Å². The molecule has 1 unspecified atom stereocenters. The quantitative estimate of drug-likeness (QED) is 0.0585. The van der Waals surface area contributed by atoms with Crippen LogP contribution >= 0.6 is 0 Å². The van der Waals surface area contributed by atoms with E-state index in [4.69, 9.17) is 9.84 Å². The van der Waals surface area contributed by atoms with Gasteiger partial charge in [-0.3, -0.25) is 9.59 Å². The van der Waals surface area contributed by atoms with Crippen molar-refractivity contribution < 1.29 is 19.4 Å². The summed E-state index contributed by atoms with van der Waals surface area (Å²) in [5.41, 5.74) is 0. The third-order valence-corrected chi connectivity index (χ3v) is 8.90. The van der Waals surface area contributed by atoms with Gasteiger partial charge in [-0.05, 0) is 32.1 Å². The molecule has 0 fully saturated rings. The monoisotopic (exact) mass is 595 g/mol. The van der Waals surface area contributed by atoms with Crippen molar-refractivity contribution >= 4 is 11.9 Å². The Labute approximate surface area is 262 Å². The topological polar surface area (TPSA) is 63.6 Å². The van der Waals surface area contributed by atoms with E-state index in [0.717, 1.165) is 51.4 Å². The van der Waals surface area contributed by atoms with Crippen LogP contribution in [0.1, 0.15) is 226 Å². The molecule has 0 rings (SSSR count). The molecule has 0 aliphatic heterocycles. The van der Waals surface area contributed by atoms with Crippen LogP contribution in [0.25, 0.3) is 0 Å². The second-order valence-electron chi connectivity index (χ2n) is 13.1. The highest BCUT2D eigenvalue weighted by atomic mass is 16.5. The Morgan fingerprint density at radius 2 is 0.762 bits per heavy atom. The normalized spacial score (nSPS) is 12.0. The third-order valence-electron chi connectivity index (χ3n) is 8.90. The zero-order valence-corrected chi connectivity index (χ0v) is 28.6. The highest BCUT2D eigenvalue weighted by molar-refractivity contribution is 5.69. The molecule has 0 aromatic rings. The predicted octanol–water partition coefficient (Wildman–Crippen LogP) is 12.9. The molecule has 0 aromatic carbocycles. The van der Waals surface area contributed by atoms with Crippen LogP contribution in [0.2, 0.25) is 0 Å². The summed E-state index contributed by atoms with van der Waals surface area (Å²) in [5.74, 6) is -0.664. The van der Waals surface area contributed by atoms with Crippen LogP contribution in [0.4, 0.5) is 0 Å². The van der Waals surface area contributed by atoms with Crippen LogP contribution in [0.5, 0.6) is 0 Å². The molecule has 0 amide bonds. The molecule has 0 heterocycles. The lowest BCUT2D eigenvalue weighted by atomic mass is 10.0. The maximum Gasteiger partial charge on any atom is 0.306 e. The van der Waals surface area contributed by atoms with Gasteiger partial charge < -0.3 is 9.84 Å². The smallest absolute Gasteiger partial charge is 0.306 e. The summed E-state index contributed by atoms with van der Waals surface area (Å²) in [7, 11) is 0. The molecule has 1 N–H and O–H groups in total. The lowest BCUT2D eigenvalue weighted by molar-refractivity contribution is -0.149. The lowest BCUT2D eigenvalue weighted by Crippen LogP contribution is -2.17. The summed E-state index contributed by atoms with van der Waals surface area (Å²) < 4.78 is 5.77. The number of esters is 1. The van der Waals surface area contributed by atoms with E-state index in [1.54, 1.807) is 0 Å². The standard InChI is InChI=1S/C38H74O4/c1-3-5-6-7-8-9-10-11-12-13-14-15-16-17-18-23-26-29-32-35-38(41)42-36(4-2)33-30-27-24-21-19-20-22-25-28-31-34-37(39)40/h36H,3-35H2,1-2H3,(H,39,40). The molecule has 0 bridgehead atoms. The zero-order chi connectivity index (χ0) is 30.8. The first-order valence-corrected chi connectivity index (χ1v) is 19.0. The Bertz CT molecular complexity index is 561. The summed E-state index contributed by atoms with van der Waals surface area (Å²) in [5, 5.41) is 8.65. The van der Waals surface area contributed by atoms with Crippen molar-refractivity contribution in [2.45, 2.75) is 232 Å². The van der Waals surface area contributed by atoms with Gasteiger partial charge in [-0.2, -0.15) is 0 Å². The Morgan fingerprint density at radius 1 is 0.452 bits per heavy atom. The van der Waals surface area contributed by atoms with Gasteiger partial charge in [-0.15, -0.1) is 0 Å². The Balaban J connectivity index is 3.37. The molecule has 0 aliphatic carbocycles. The first-order valence-electron chi connectivity index (χ1n) is 19.0. The van der Waals surface area contributed by atoms with Crippen LogP contribution in [-0.4, -0.2) is 23.1 Å². The molecule has 0 radical (unpaired) electrons. The van der Waals surface area contributed by atoms with Crippen molar-refractivity contribution in [2.24, 2.45) is 0 Å². The average Bonchev–Trinajstić information content (AvgIpc) is 2.98. The van der Waals surface area contributed by atoms with Gasteiger partial charge in [0, 0.05) is 12.8 Å². The minimum atomic E-state index is -0.675. The number of unbranched alkanes of at least 4 members (excludes halogenated alkanes) is 27. The second-order valence-corrected chi connectivity index (χ2v) is 13.1. The summed E-state index contributed by atoms with van der Waals surface area (Å²) in [4.78, 5) is 22.8. The number of hydrogen-bond acceptors (Lipinski definition) is 3. The number of carbonyl (C=O) groups excluding carboxylic acids is 1. The fourth-order valence-electron chi connectivity index (χ4n) is 6.00. The molecule has 4 nitrogen and oxygen atoms in total. The largest absolute Gasteiger partial charge is 0.481 e. The minimum absolute atomic E-state index is 0.0113. The van der Waals surface area contributed by atoms with Gasteiger partial charge in [0.25, 0.3) is 0 Å². The number of carboxylic acid groups (broad SMARTS) is 1. The Hall–Kier alpha value is -1.06. The van der Waals surface area contributed by atoms with Gasteiger partial charge in [0.1, 0.15) is 6.10 Å². The van der Waals surface area contributed by atoms with E-state index < -0.39 is 5.97 Å². The van der Waals surface area contributed by atoms with Crippen LogP contribution in [0.3, 0.4) is 0 Å². The van der Waals surface area contributed by atoms with E-state index in [9.17, 15) is 9.59 Å². The number of rotatable bonds is 35. The van der Waals surface area contributed by atoms with E-state index in [1.807, 2.05) is 0 Å². The SMILES string of the molecule is CCCCCCCCCCCCCCCCCCCCCC(=O)OC(CC)CCCCCCCCCCCCC(=O)O. The first-order chi connectivity index (χ1) is 20.6. The highest BCUT2D eigenvalue weighted by Crippen LogP contribution is 2.17. The van der Waals surface area contributed by atoms with Crippen LogP contribution in [0.15, 0.2) is 0 Å². The molecule has 1 atom stereocenters. The van der Waals surface area contributed by atoms with E-state index in [0.29, 0.717) is 12.8 Å². The predicted molar refractivity (Wildman–Crippen MR) is 181 cm³/mol. The maximum absolute atomic E-state index is 12.3. The van der Waals surface area contributed by atoms with Crippen molar-refractivity contribution in [2.75, 3.05) is 0 Å². The summed E-state index contributed by atoms with van der Waals surface area (Å²) in [6.45, 7) is 4.42. The summed E-state index contributed by atoms with van der Waals surface area (Å²) in [6, 6.07) is 0. The maximum atomic E-state index is 12.3. The fraction of sp³-hybridized carbons (Fsp3) is 0.947. The highest BCUT2D eigenvalue weighted by Gasteiger charge is 2.12. The van der Waals surface area contributed by atoms with Gasteiger partial charge >= 0.3 is 11.9 Å². The fourth-order valence-corrected chi connectivity index (χ4v) is 6.00. The van der Waals surface area contributed by atoms with Crippen molar-refractivity contribution in [3.63, 3.8) is 0 Å². The number of hydrogen-bond donors (Lipinski definition) is 1. The molecular formula is C38H74O4. The molecule has 4 heteroatoms. The number of carboxylic acids is 1. The third kappa shape index (κ3) is 33.4. The first kappa shape index (κ1) is 40.9. The van der Waals surface area contributed by atoms with Crippen LogP contribution in [0, 0.1) is 0 Å². The van der Waals surface area contributed by atoms with E-state index in [-0.39, 0.29) is 12.1 Å². The summed E-state index contributed by atoms with van der Waals surface area (Å²) >= 11 is 0. The lowest BCUT2D eigenvalue weighted by Gasteiger charge is -2.16. The van der Waals surface area contributed by atoms with Crippen molar-refractivity contribution in [1.82, 2.24) is 0 Å². The van der Waals surface area contributed by atoms with Crippen molar-refractivity contribution in [1.29, 1.82) is 0 Å². The number of ether oxygens (including phenoxy) is 1. The molecule has 0 saturated carbocycles. The molecular weight excluding hydrogens is 520 g/mol. The van der Waals surface area contributed by atoms with Gasteiger partial charge in [-0.1, -0.05) is 181 Å². The van der Waals surface area contributed by atoms with Crippen LogP contribution < -0.4 is 0 Å². The summed E-state index contributed by atoms with van der Waals surface area (Å²) in [6.07, 6.45) is 40.7. The minimum Gasteiger partial charge on any atom is -0.481 e. The molecule has 0 aliphatic rings. The molecule has 0 aromatic heterocycles. The van der Waals surface area contributed by atoms with Gasteiger partial charge in [0.15, 0.2) is 0 Å². The molecule has 250 valence electrons. The van der Waals surface area contributed by atoms with Gasteiger partial charge in [0.05, 0.1) is 0 Å². The molecule has 0 saturated heterocycles. The molecule has 42 heavy (non-hydrogen) atoms.